The Bertz CT molecular complexity index is 456. The Labute approximate surface area is 114 Å². The maximum atomic E-state index is 12.3. The van der Waals surface area contributed by atoms with Gasteiger partial charge in [0.25, 0.3) is 5.91 Å². The number of aromatic nitrogens is 1. The van der Waals surface area contributed by atoms with Gasteiger partial charge in [0.15, 0.2) is 0 Å². The van der Waals surface area contributed by atoms with Crippen molar-refractivity contribution in [1.29, 1.82) is 0 Å². The van der Waals surface area contributed by atoms with Gasteiger partial charge in [-0.15, -0.1) is 0 Å². The number of hydrogen-bond donors (Lipinski definition) is 2. The third-order valence-corrected chi connectivity index (χ3v) is 4.32. The van der Waals surface area contributed by atoms with Gasteiger partial charge in [0.1, 0.15) is 5.69 Å². The highest BCUT2D eigenvalue weighted by atomic mass is 16.1. The van der Waals surface area contributed by atoms with Crippen LogP contribution in [0, 0.1) is 5.92 Å². The van der Waals surface area contributed by atoms with Crippen molar-refractivity contribution in [2.75, 3.05) is 12.3 Å². The van der Waals surface area contributed by atoms with E-state index in [-0.39, 0.29) is 5.91 Å². The van der Waals surface area contributed by atoms with E-state index >= 15 is 0 Å². The molecule has 0 aromatic carbocycles. The smallest absolute Gasteiger partial charge is 0.268 e. The summed E-state index contributed by atoms with van der Waals surface area (Å²) in [6.07, 6.45) is 10.7. The lowest BCUT2D eigenvalue weighted by molar-refractivity contribution is 0.0934. The van der Waals surface area contributed by atoms with Crippen LogP contribution in [0.3, 0.4) is 0 Å². The van der Waals surface area contributed by atoms with Crippen molar-refractivity contribution >= 4 is 11.6 Å². The minimum absolute atomic E-state index is 0.0363. The van der Waals surface area contributed by atoms with Gasteiger partial charge >= 0.3 is 0 Å². The van der Waals surface area contributed by atoms with Gasteiger partial charge in [-0.3, -0.25) is 4.79 Å². The molecule has 2 saturated carbocycles. The summed E-state index contributed by atoms with van der Waals surface area (Å²) in [5.41, 5.74) is 7.24. The van der Waals surface area contributed by atoms with E-state index in [1.54, 1.807) is 6.07 Å². The Kier molecular flexibility index (Phi) is 3.49. The van der Waals surface area contributed by atoms with E-state index in [0.29, 0.717) is 17.6 Å². The number of amides is 1. The van der Waals surface area contributed by atoms with Gasteiger partial charge in [-0.2, -0.15) is 0 Å². The summed E-state index contributed by atoms with van der Waals surface area (Å²) in [5, 5.41) is 3.09. The lowest BCUT2D eigenvalue weighted by Crippen LogP contribution is -2.31. The van der Waals surface area contributed by atoms with Crippen LogP contribution in [-0.2, 0) is 0 Å². The fourth-order valence-electron chi connectivity index (χ4n) is 3.06. The van der Waals surface area contributed by atoms with Crippen molar-refractivity contribution in [2.45, 2.75) is 51.0 Å². The second kappa shape index (κ2) is 5.27. The molecule has 0 saturated heterocycles. The van der Waals surface area contributed by atoms with Gasteiger partial charge in [0.2, 0.25) is 0 Å². The highest BCUT2D eigenvalue weighted by molar-refractivity contribution is 5.93. The van der Waals surface area contributed by atoms with E-state index in [2.05, 4.69) is 5.32 Å². The zero-order valence-electron chi connectivity index (χ0n) is 11.4. The number of rotatable bonds is 4. The van der Waals surface area contributed by atoms with Gasteiger partial charge in [-0.25, -0.2) is 0 Å². The number of nitrogens with zero attached hydrogens (tertiary/aromatic N) is 1. The molecule has 0 bridgehead atoms. The zero-order valence-corrected chi connectivity index (χ0v) is 11.4. The predicted octanol–water partition coefficient (Wildman–Crippen LogP) is 2.72. The summed E-state index contributed by atoms with van der Waals surface area (Å²) < 4.78 is 2.05. The standard InChI is InChI=1S/C15H23N3O/c16-12-8-14(18(10-12)13-6-7-13)15(19)17-9-11-4-2-1-3-5-11/h8,10-11,13H,1-7,9,16H2,(H,17,19). The Hall–Kier alpha value is -1.45. The van der Waals surface area contributed by atoms with Gasteiger partial charge in [0.05, 0.1) is 5.69 Å². The number of carbonyl (C=O) groups is 1. The van der Waals surface area contributed by atoms with Crippen LogP contribution < -0.4 is 11.1 Å². The van der Waals surface area contributed by atoms with Crippen molar-refractivity contribution in [3.63, 3.8) is 0 Å². The van der Waals surface area contributed by atoms with Crippen molar-refractivity contribution < 1.29 is 4.79 Å². The van der Waals surface area contributed by atoms with Crippen molar-refractivity contribution in [1.82, 2.24) is 9.88 Å². The van der Waals surface area contributed by atoms with Crippen molar-refractivity contribution in [3.8, 4) is 0 Å². The molecule has 4 heteroatoms. The Morgan fingerprint density at radius 1 is 1.26 bits per heavy atom. The first-order chi connectivity index (χ1) is 9.24. The molecule has 1 aromatic rings. The maximum Gasteiger partial charge on any atom is 0.268 e. The number of anilines is 1. The second-order valence-corrected chi connectivity index (χ2v) is 6.01. The number of carbonyl (C=O) groups excluding carboxylic acids is 1. The van der Waals surface area contributed by atoms with Crippen LogP contribution in [0.2, 0.25) is 0 Å². The minimum atomic E-state index is 0.0363. The molecular weight excluding hydrogens is 238 g/mol. The van der Waals surface area contributed by atoms with E-state index in [1.807, 2.05) is 10.8 Å². The fourth-order valence-corrected chi connectivity index (χ4v) is 3.06. The fraction of sp³-hybridized carbons (Fsp3) is 0.667. The molecule has 0 radical (unpaired) electrons. The molecular formula is C15H23N3O. The second-order valence-electron chi connectivity index (χ2n) is 6.01. The molecule has 3 N–H and O–H groups in total. The van der Waals surface area contributed by atoms with Crippen LogP contribution in [-0.4, -0.2) is 17.0 Å². The minimum Gasteiger partial charge on any atom is -0.397 e. The summed E-state index contributed by atoms with van der Waals surface area (Å²) in [5.74, 6) is 0.702. The summed E-state index contributed by atoms with van der Waals surface area (Å²) in [4.78, 5) is 12.3. The molecule has 2 fully saturated rings. The van der Waals surface area contributed by atoms with Crippen molar-refractivity contribution in [3.05, 3.63) is 18.0 Å². The number of nitrogens with one attached hydrogen (secondary N) is 1. The van der Waals surface area contributed by atoms with Gasteiger partial charge in [-0.1, -0.05) is 19.3 Å². The SMILES string of the molecule is Nc1cc(C(=O)NCC2CCCCC2)n(C2CC2)c1. The quantitative estimate of drug-likeness (QED) is 0.875. The largest absolute Gasteiger partial charge is 0.397 e. The molecule has 2 aliphatic rings. The number of hydrogen-bond acceptors (Lipinski definition) is 2. The lowest BCUT2D eigenvalue weighted by Gasteiger charge is -2.21. The van der Waals surface area contributed by atoms with Crippen LogP contribution in [0.25, 0.3) is 0 Å². The van der Waals surface area contributed by atoms with Crippen LogP contribution in [0.15, 0.2) is 12.3 Å². The molecule has 1 aromatic heterocycles. The Morgan fingerprint density at radius 2 is 2.00 bits per heavy atom. The highest BCUT2D eigenvalue weighted by Gasteiger charge is 2.27. The molecule has 2 aliphatic carbocycles. The summed E-state index contributed by atoms with van der Waals surface area (Å²) in [6.45, 7) is 0.814. The van der Waals surface area contributed by atoms with Crippen molar-refractivity contribution in [2.24, 2.45) is 5.92 Å². The molecule has 1 heterocycles. The summed E-state index contributed by atoms with van der Waals surface area (Å²) in [7, 11) is 0. The molecule has 0 spiro atoms. The normalized spacial score (nSPS) is 20.4. The molecule has 4 nitrogen and oxygen atoms in total. The third-order valence-electron chi connectivity index (χ3n) is 4.32. The summed E-state index contributed by atoms with van der Waals surface area (Å²) in [6, 6.07) is 2.29. The van der Waals surface area contributed by atoms with E-state index in [9.17, 15) is 4.79 Å². The first-order valence-electron chi connectivity index (χ1n) is 7.49. The first-order valence-corrected chi connectivity index (χ1v) is 7.49. The van der Waals surface area contributed by atoms with E-state index in [4.69, 9.17) is 5.73 Å². The molecule has 19 heavy (non-hydrogen) atoms. The highest BCUT2D eigenvalue weighted by Crippen LogP contribution is 2.37. The topological polar surface area (TPSA) is 60.1 Å². The maximum absolute atomic E-state index is 12.3. The summed E-state index contributed by atoms with van der Waals surface area (Å²) >= 11 is 0. The number of nitrogens with two attached hydrogens (primary N) is 1. The number of nitrogen functional groups attached to an aromatic ring is 1. The van der Waals surface area contributed by atoms with Gasteiger partial charge in [-0.05, 0) is 37.7 Å². The average molecular weight is 261 g/mol. The zero-order chi connectivity index (χ0) is 13.2. The molecule has 0 aliphatic heterocycles. The van der Waals surface area contributed by atoms with Crippen LogP contribution >= 0.6 is 0 Å². The molecule has 0 atom stereocenters. The molecule has 104 valence electrons. The van der Waals surface area contributed by atoms with Crippen LogP contribution in [0.4, 0.5) is 5.69 Å². The van der Waals surface area contributed by atoms with Gasteiger partial charge in [0, 0.05) is 18.8 Å². The van der Waals surface area contributed by atoms with E-state index in [1.165, 1.54) is 32.1 Å². The molecule has 0 unspecified atom stereocenters. The Morgan fingerprint density at radius 3 is 2.68 bits per heavy atom. The van der Waals surface area contributed by atoms with Crippen LogP contribution in [0.5, 0.6) is 0 Å². The average Bonchev–Trinajstić information content (AvgIpc) is 3.20. The van der Waals surface area contributed by atoms with E-state index < -0.39 is 0 Å². The third kappa shape index (κ3) is 2.94. The van der Waals surface area contributed by atoms with Crippen LogP contribution in [0.1, 0.15) is 61.5 Å². The molecule has 1 amide bonds. The predicted molar refractivity (Wildman–Crippen MR) is 76.0 cm³/mol. The first kappa shape index (κ1) is 12.6. The lowest BCUT2D eigenvalue weighted by atomic mass is 9.89. The van der Waals surface area contributed by atoms with Gasteiger partial charge < -0.3 is 15.6 Å². The monoisotopic (exact) mass is 261 g/mol. The Balaban J connectivity index is 1.60. The molecule has 3 rings (SSSR count). The van der Waals surface area contributed by atoms with E-state index in [0.717, 1.165) is 25.1 Å².